The zero-order valence-corrected chi connectivity index (χ0v) is 15.8. The van der Waals surface area contributed by atoms with Gasteiger partial charge in [-0.1, -0.05) is 0 Å². The lowest BCUT2D eigenvalue weighted by Gasteiger charge is -2.51. The summed E-state index contributed by atoms with van der Waals surface area (Å²) in [6.45, 7) is 4.71. The molecular formula is C20H27N5O2. The van der Waals surface area contributed by atoms with E-state index in [1.807, 2.05) is 30.3 Å². The van der Waals surface area contributed by atoms with Gasteiger partial charge in [0.15, 0.2) is 6.17 Å². The van der Waals surface area contributed by atoms with E-state index in [1.165, 1.54) is 0 Å². The van der Waals surface area contributed by atoms with E-state index in [4.69, 9.17) is 4.74 Å². The maximum Gasteiger partial charge on any atom is 0.225 e. The zero-order chi connectivity index (χ0) is 18.7. The molecule has 4 rings (SSSR count). The van der Waals surface area contributed by atoms with Crippen molar-refractivity contribution in [3.63, 3.8) is 0 Å². The molecule has 0 radical (unpaired) electrons. The lowest BCUT2D eigenvalue weighted by Crippen LogP contribution is -2.56. The van der Waals surface area contributed by atoms with Crippen molar-refractivity contribution in [1.29, 1.82) is 0 Å². The van der Waals surface area contributed by atoms with Crippen LogP contribution in [0.4, 0.5) is 5.95 Å². The highest BCUT2D eigenvalue weighted by Gasteiger charge is 2.39. The fourth-order valence-corrected chi connectivity index (χ4v) is 4.29. The van der Waals surface area contributed by atoms with Gasteiger partial charge in [-0.15, -0.1) is 0 Å². The number of aromatic nitrogens is 2. The summed E-state index contributed by atoms with van der Waals surface area (Å²) in [5.41, 5.74) is 1.08. The van der Waals surface area contributed by atoms with E-state index in [9.17, 15) is 5.21 Å². The number of rotatable bonds is 5. The summed E-state index contributed by atoms with van der Waals surface area (Å²) in [4.78, 5) is 13.3. The van der Waals surface area contributed by atoms with E-state index in [-0.39, 0.29) is 10.8 Å². The van der Waals surface area contributed by atoms with Gasteiger partial charge in [0, 0.05) is 57.0 Å². The number of quaternary nitrogens is 1. The number of piperazine rings is 1. The van der Waals surface area contributed by atoms with Crippen LogP contribution in [0, 0.1) is 5.21 Å². The van der Waals surface area contributed by atoms with Gasteiger partial charge in [-0.05, 0) is 30.3 Å². The molecule has 1 unspecified atom stereocenters. The maximum absolute atomic E-state index is 13.6. The lowest BCUT2D eigenvalue weighted by atomic mass is 10.1. The van der Waals surface area contributed by atoms with Crippen LogP contribution in [-0.2, 0) is 0 Å². The van der Waals surface area contributed by atoms with Gasteiger partial charge >= 0.3 is 0 Å². The van der Waals surface area contributed by atoms with Crippen molar-refractivity contribution in [2.24, 2.45) is 0 Å². The van der Waals surface area contributed by atoms with Gasteiger partial charge in [0.1, 0.15) is 5.75 Å². The number of hydrogen-bond acceptors (Lipinski definition) is 6. The largest absolute Gasteiger partial charge is 0.631 e. The Labute approximate surface area is 160 Å². The third kappa shape index (κ3) is 3.76. The lowest BCUT2D eigenvalue weighted by molar-refractivity contribution is -0.913. The van der Waals surface area contributed by atoms with Crippen molar-refractivity contribution in [2.45, 2.75) is 19.0 Å². The van der Waals surface area contributed by atoms with E-state index in [1.54, 1.807) is 19.5 Å². The zero-order valence-electron chi connectivity index (χ0n) is 15.8. The standard InChI is InChI=1S/C20H27N5O2/c1-27-18-7-5-17(6-8-18)19(25(26)15-2-3-16-25)23-11-13-24(14-12-23)20-21-9-4-10-22-20/h4-10,19H,2-3,11-16H2,1H3. The third-order valence-corrected chi connectivity index (χ3v) is 5.68. The molecule has 0 spiro atoms. The van der Waals surface area contributed by atoms with Crippen molar-refractivity contribution in [3.8, 4) is 5.75 Å². The van der Waals surface area contributed by atoms with E-state index in [0.29, 0.717) is 13.1 Å². The molecule has 0 N–H and O–H groups in total. The van der Waals surface area contributed by atoms with Gasteiger partial charge in [0.2, 0.25) is 5.95 Å². The number of hydrogen-bond donors (Lipinski definition) is 0. The Kier molecular flexibility index (Phi) is 5.24. The van der Waals surface area contributed by atoms with Gasteiger partial charge in [-0.25, -0.2) is 14.9 Å². The van der Waals surface area contributed by atoms with Crippen LogP contribution < -0.4 is 9.64 Å². The second-order valence-corrected chi connectivity index (χ2v) is 7.33. The topological polar surface area (TPSA) is 64.5 Å². The molecular weight excluding hydrogens is 342 g/mol. The van der Waals surface area contributed by atoms with Gasteiger partial charge in [0.25, 0.3) is 0 Å². The number of anilines is 1. The van der Waals surface area contributed by atoms with Crippen LogP contribution in [0.15, 0.2) is 42.7 Å². The predicted molar refractivity (Wildman–Crippen MR) is 104 cm³/mol. The molecule has 0 amide bonds. The Hall–Kier alpha value is -2.22. The van der Waals surface area contributed by atoms with Crippen LogP contribution in [0.5, 0.6) is 5.75 Å². The first-order valence-corrected chi connectivity index (χ1v) is 9.67. The van der Waals surface area contributed by atoms with Crippen LogP contribution in [-0.4, -0.2) is 65.9 Å². The summed E-state index contributed by atoms with van der Waals surface area (Å²) >= 11 is 0. The molecule has 7 nitrogen and oxygen atoms in total. The van der Waals surface area contributed by atoms with Gasteiger partial charge in [0.05, 0.1) is 20.2 Å². The molecule has 1 atom stereocenters. The number of likely N-dealkylation sites (tertiary alicyclic amines) is 1. The molecule has 2 aliphatic heterocycles. The van der Waals surface area contributed by atoms with Crippen molar-refractivity contribution < 1.29 is 9.38 Å². The molecule has 2 aliphatic rings. The van der Waals surface area contributed by atoms with Crippen LogP contribution in [0.25, 0.3) is 0 Å². The molecule has 1 aromatic carbocycles. The molecule has 2 aromatic rings. The van der Waals surface area contributed by atoms with Crippen molar-refractivity contribution >= 4 is 5.95 Å². The summed E-state index contributed by atoms with van der Waals surface area (Å²) < 4.78 is 5.15. The summed E-state index contributed by atoms with van der Waals surface area (Å²) in [5, 5.41) is 13.6. The molecule has 0 bridgehead atoms. The summed E-state index contributed by atoms with van der Waals surface area (Å²) in [6.07, 6.45) is 5.41. The number of hydroxylamine groups is 3. The van der Waals surface area contributed by atoms with Crippen molar-refractivity contribution in [2.75, 3.05) is 51.3 Å². The van der Waals surface area contributed by atoms with Crippen LogP contribution in [0.3, 0.4) is 0 Å². The normalized spacial score (nSPS) is 21.2. The van der Waals surface area contributed by atoms with Crippen LogP contribution in [0.2, 0.25) is 0 Å². The Morgan fingerprint density at radius 3 is 2.22 bits per heavy atom. The Bertz CT molecular complexity index is 726. The molecule has 7 heteroatoms. The monoisotopic (exact) mass is 369 g/mol. The number of ether oxygens (including phenoxy) is 1. The minimum Gasteiger partial charge on any atom is -0.631 e. The van der Waals surface area contributed by atoms with Crippen molar-refractivity contribution in [1.82, 2.24) is 14.9 Å². The summed E-state index contributed by atoms with van der Waals surface area (Å²) in [6, 6.07) is 9.84. The maximum atomic E-state index is 13.6. The molecule has 1 aromatic heterocycles. The average molecular weight is 369 g/mol. The van der Waals surface area contributed by atoms with Crippen LogP contribution in [0.1, 0.15) is 24.6 Å². The molecule has 3 heterocycles. The highest BCUT2D eigenvalue weighted by molar-refractivity contribution is 5.31. The fraction of sp³-hybridized carbons (Fsp3) is 0.500. The smallest absolute Gasteiger partial charge is 0.225 e. The van der Waals surface area contributed by atoms with E-state index in [2.05, 4.69) is 19.8 Å². The quantitative estimate of drug-likeness (QED) is 0.596. The van der Waals surface area contributed by atoms with E-state index < -0.39 is 0 Å². The van der Waals surface area contributed by atoms with Gasteiger partial charge in [-0.2, -0.15) is 0 Å². The van der Waals surface area contributed by atoms with Gasteiger partial charge < -0.3 is 19.5 Å². The average Bonchev–Trinajstić information content (AvgIpc) is 3.17. The molecule has 0 saturated carbocycles. The Balaban J connectivity index is 1.54. The number of methoxy groups -OCH3 is 1. The van der Waals surface area contributed by atoms with Crippen LogP contribution >= 0.6 is 0 Å². The Morgan fingerprint density at radius 2 is 1.63 bits per heavy atom. The highest BCUT2D eigenvalue weighted by Crippen LogP contribution is 2.37. The van der Waals surface area contributed by atoms with E-state index in [0.717, 1.165) is 56.3 Å². The minimum absolute atomic E-state index is 0.145. The Morgan fingerprint density at radius 1 is 1.00 bits per heavy atom. The number of benzene rings is 1. The second-order valence-electron chi connectivity index (χ2n) is 7.33. The first-order valence-electron chi connectivity index (χ1n) is 9.67. The second kappa shape index (κ2) is 7.80. The summed E-state index contributed by atoms with van der Waals surface area (Å²) in [7, 11) is 1.67. The first kappa shape index (κ1) is 18.2. The predicted octanol–water partition coefficient (Wildman–Crippen LogP) is 2.41. The first-order chi connectivity index (χ1) is 13.2. The molecule has 2 fully saturated rings. The molecule has 0 aliphatic carbocycles. The minimum atomic E-state index is -0.155. The van der Waals surface area contributed by atoms with Crippen molar-refractivity contribution in [3.05, 3.63) is 53.5 Å². The summed E-state index contributed by atoms with van der Waals surface area (Å²) in [5.74, 6) is 1.59. The van der Waals surface area contributed by atoms with Gasteiger partial charge in [-0.3, -0.25) is 0 Å². The molecule has 27 heavy (non-hydrogen) atoms. The highest BCUT2D eigenvalue weighted by atomic mass is 16.6. The molecule has 144 valence electrons. The SMILES string of the molecule is COc1ccc(C(N2CCN(c3ncccn3)CC2)[N+]2([O-])CCCC2)cc1. The third-order valence-electron chi connectivity index (χ3n) is 5.68. The van der Waals surface area contributed by atoms with E-state index >= 15 is 0 Å². The fourth-order valence-electron chi connectivity index (χ4n) is 4.29. The number of nitrogens with zero attached hydrogens (tertiary/aromatic N) is 5. The molecule has 2 saturated heterocycles.